The van der Waals surface area contributed by atoms with Gasteiger partial charge >= 0.3 is 6.03 Å². The van der Waals surface area contributed by atoms with E-state index in [1.807, 2.05) is 46.1 Å². The summed E-state index contributed by atoms with van der Waals surface area (Å²) in [6, 6.07) is 9.86. The van der Waals surface area contributed by atoms with Crippen molar-refractivity contribution in [1.82, 2.24) is 19.6 Å². The van der Waals surface area contributed by atoms with Gasteiger partial charge in [-0.3, -0.25) is 9.58 Å². The quantitative estimate of drug-likeness (QED) is 0.919. The standard InChI is InChI=1S/C20H29N5O/c1-20(2,3)24-11-6-10-23(13-14-24)19(26)22-18-8-4-7-17(15-18)16-25-12-5-9-21-25/h4-5,7-9,12,15H,6,10-11,13-14,16H2,1-3H3,(H,22,26). The molecule has 3 rings (SSSR count). The molecule has 0 aliphatic carbocycles. The molecule has 6 nitrogen and oxygen atoms in total. The Labute approximate surface area is 155 Å². The van der Waals surface area contributed by atoms with Gasteiger partial charge in [-0.1, -0.05) is 12.1 Å². The highest BCUT2D eigenvalue weighted by Gasteiger charge is 2.25. The van der Waals surface area contributed by atoms with Crippen LogP contribution >= 0.6 is 0 Å². The molecule has 140 valence electrons. The van der Waals surface area contributed by atoms with Gasteiger partial charge in [0.15, 0.2) is 0 Å². The Morgan fingerprint density at radius 3 is 2.73 bits per heavy atom. The van der Waals surface area contributed by atoms with E-state index >= 15 is 0 Å². The number of nitrogens with zero attached hydrogens (tertiary/aromatic N) is 4. The molecule has 1 fully saturated rings. The van der Waals surface area contributed by atoms with Gasteiger partial charge < -0.3 is 10.2 Å². The topological polar surface area (TPSA) is 53.4 Å². The fraction of sp³-hybridized carbons (Fsp3) is 0.500. The predicted molar refractivity (Wildman–Crippen MR) is 104 cm³/mol. The second-order valence-corrected chi connectivity index (χ2v) is 7.83. The first-order valence-corrected chi connectivity index (χ1v) is 9.29. The number of carbonyl (C=O) groups is 1. The molecule has 6 heteroatoms. The first-order chi connectivity index (χ1) is 12.4. The van der Waals surface area contributed by atoms with Crippen LogP contribution in [-0.2, 0) is 6.54 Å². The molecule has 2 heterocycles. The molecule has 0 radical (unpaired) electrons. The lowest BCUT2D eigenvalue weighted by Gasteiger charge is -2.34. The summed E-state index contributed by atoms with van der Waals surface area (Å²) in [6.07, 6.45) is 4.71. The van der Waals surface area contributed by atoms with E-state index in [0.717, 1.165) is 43.9 Å². The van der Waals surface area contributed by atoms with Crippen LogP contribution < -0.4 is 5.32 Å². The van der Waals surface area contributed by atoms with Crippen LogP contribution in [0.1, 0.15) is 32.8 Å². The molecule has 2 amide bonds. The molecule has 1 aliphatic rings. The third-order valence-corrected chi connectivity index (χ3v) is 4.81. The van der Waals surface area contributed by atoms with E-state index < -0.39 is 0 Å². The number of urea groups is 1. The molecular weight excluding hydrogens is 326 g/mol. The second-order valence-electron chi connectivity index (χ2n) is 7.83. The van der Waals surface area contributed by atoms with Gasteiger partial charge in [-0.15, -0.1) is 0 Å². The first-order valence-electron chi connectivity index (χ1n) is 9.29. The monoisotopic (exact) mass is 355 g/mol. The molecule has 1 N–H and O–H groups in total. The van der Waals surface area contributed by atoms with Crippen LogP contribution in [0, 0.1) is 0 Å². The second kappa shape index (κ2) is 7.91. The lowest BCUT2D eigenvalue weighted by molar-refractivity contribution is 0.142. The minimum absolute atomic E-state index is 0.0167. The van der Waals surface area contributed by atoms with Gasteiger partial charge in [0.25, 0.3) is 0 Å². The van der Waals surface area contributed by atoms with Crippen molar-refractivity contribution in [3.05, 3.63) is 48.3 Å². The van der Waals surface area contributed by atoms with Crippen LogP contribution in [0.5, 0.6) is 0 Å². The van der Waals surface area contributed by atoms with Crippen molar-refractivity contribution < 1.29 is 4.79 Å². The van der Waals surface area contributed by atoms with Crippen LogP contribution in [0.25, 0.3) is 0 Å². The van der Waals surface area contributed by atoms with Crippen LogP contribution in [0.15, 0.2) is 42.7 Å². The van der Waals surface area contributed by atoms with Crippen molar-refractivity contribution in [3.63, 3.8) is 0 Å². The van der Waals surface area contributed by atoms with Gasteiger partial charge in [-0.2, -0.15) is 5.10 Å². The van der Waals surface area contributed by atoms with E-state index in [1.54, 1.807) is 6.20 Å². The minimum Gasteiger partial charge on any atom is -0.323 e. The van der Waals surface area contributed by atoms with Gasteiger partial charge in [0.2, 0.25) is 0 Å². The summed E-state index contributed by atoms with van der Waals surface area (Å²) >= 11 is 0. The van der Waals surface area contributed by atoms with Gasteiger partial charge in [0.05, 0.1) is 6.54 Å². The average molecular weight is 355 g/mol. The summed E-state index contributed by atoms with van der Waals surface area (Å²) in [5.74, 6) is 0. The summed E-state index contributed by atoms with van der Waals surface area (Å²) < 4.78 is 1.87. The zero-order valence-electron chi connectivity index (χ0n) is 16.0. The fourth-order valence-corrected chi connectivity index (χ4v) is 3.32. The molecule has 26 heavy (non-hydrogen) atoms. The number of hydrogen-bond donors (Lipinski definition) is 1. The highest BCUT2D eigenvalue weighted by molar-refractivity contribution is 5.89. The van der Waals surface area contributed by atoms with E-state index in [0.29, 0.717) is 6.54 Å². The zero-order valence-corrected chi connectivity index (χ0v) is 16.0. The number of amides is 2. The molecule has 0 unspecified atom stereocenters. The van der Waals surface area contributed by atoms with Crippen molar-refractivity contribution in [3.8, 4) is 0 Å². The zero-order chi connectivity index (χ0) is 18.6. The number of hydrogen-bond acceptors (Lipinski definition) is 3. The van der Waals surface area contributed by atoms with E-state index in [2.05, 4.69) is 36.1 Å². The molecule has 0 saturated carbocycles. The molecular formula is C20H29N5O. The van der Waals surface area contributed by atoms with Crippen molar-refractivity contribution in [2.24, 2.45) is 0 Å². The molecule has 1 aromatic carbocycles. The summed E-state index contributed by atoms with van der Waals surface area (Å²) in [5.41, 5.74) is 2.09. The smallest absolute Gasteiger partial charge is 0.321 e. The number of aromatic nitrogens is 2. The molecule has 1 saturated heterocycles. The van der Waals surface area contributed by atoms with Crippen LogP contribution in [0.2, 0.25) is 0 Å². The number of rotatable bonds is 3. The number of carbonyl (C=O) groups excluding carboxylic acids is 1. The molecule has 0 bridgehead atoms. The molecule has 1 aliphatic heterocycles. The lowest BCUT2D eigenvalue weighted by atomic mass is 10.1. The first kappa shape index (κ1) is 18.5. The van der Waals surface area contributed by atoms with E-state index in [9.17, 15) is 4.79 Å². The van der Waals surface area contributed by atoms with E-state index in [1.165, 1.54) is 0 Å². The minimum atomic E-state index is -0.0167. The number of benzene rings is 1. The van der Waals surface area contributed by atoms with Crippen LogP contribution in [0.3, 0.4) is 0 Å². The number of anilines is 1. The van der Waals surface area contributed by atoms with E-state index in [-0.39, 0.29) is 11.6 Å². The van der Waals surface area contributed by atoms with Gasteiger partial charge in [0, 0.05) is 49.8 Å². The Morgan fingerprint density at radius 2 is 2.00 bits per heavy atom. The van der Waals surface area contributed by atoms with Gasteiger partial charge in [-0.05, 0) is 51.0 Å². The normalized spacial score (nSPS) is 16.3. The fourth-order valence-electron chi connectivity index (χ4n) is 3.32. The summed E-state index contributed by atoms with van der Waals surface area (Å²) in [4.78, 5) is 17.1. The highest BCUT2D eigenvalue weighted by Crippen LogP contribution is 2.17. The predicted octanol–water partition coefficient (Wildman–Crippen LogP) is 3.27. The largest absolute Gasteiger partial charge is 0.323 e. The van der Waals surface area contributed by atoms with Crippen molar-refractivity contribution in [2.45, 2.75) is 39.3 Å². The van der Waals surface area contributed by atoms with Crippen molar-refractivity contribution in [1.29, 1.82) is 0 Å². The summed E-state index contributed by atoms with van der Waals surface area (Å²) in [7, 11) is 0. The maximum atomic E-state index is 12.7. The Bertz CT molecular complexity index is 720. The van der Waals surface area contributed by atoms with Crippen molar-refractivity contribution in [2.75, 3.05) is 31.5 Å². The van der Waals surface area contributed by atoms with E-state index in [4.69, 9.17) is 0 Å². The Kier molecular flexibility index (Phi) is 5.61. The van der Waals surface area contributed by atoms with Crippen molar-refractivity contribution >= 4 is 11.7 Å². The summed E-state index contributed by atoms with van der Waals surface area (Å²) in [6.45, 7) is 10.9. The van der Waals surface area contributed by atoms with Gasteiger partial charge in [-0.25, -0.2) is 4.79 Å². The third-order valence-electron chi connectivity index (χ3n) is 4.81. The molecule has 1 aromatic heterocycles. The SMILES string of the molecule is CC(C)(C)N1CCCN(C(=O)Nc2cccc(Cn3cccn3)c2)CC1. The maximum Gasteiger partial charge on any atom is 0.321 e. The number of nitrogens with one attached hydrogen (secondary N) is 1. The van der Waals surface area contributed by atoms with Crippen LogP contribution in [0.4, 0.5) is 10.5 Å². The lowest BCUT2D eigenvalue weighted by Crippen LogP contribution is -2.44. The summed E-state index contributed by atoms with van der Waals surface area (Å²) in [5, 5.41) is 7.28. The Morgan fingerprint density at radius 1 is 1.15 bits per heavy atom. The maximum absolute atomic E-state index is 12.7. The molecule has 2 aromatic rings. The molecule has 0 atom stereocenters. The highest BCUT2D eigenvalue weighted by atomic mass is 16.2. The average Bonchev–Trinajstić information content (AvgIpc) is 2.94. The Balaban J connectivity index is 1.59. The molecule has 0 spiro atoms. The Hall–Kier alpha value is -2.34. The van der Waals surface area contributed by atoms with Crippen LogP contribution in [-0.4, -0.2) is 57.3 Å². The third kappa shape index (κ3) is 4.85. The van der Waals surface area contributed by atoms with Gasteiger partial charge in [0.1, 0.15) is 0 Å².